The average Bonchev–Trinajstić information content (AvgIpc) is 2.55. The largest absolute Gasteiger partial charge is 0.396 e. The van der Waals surface area contributed by atoms with E-state index in [0.29, 0.717) is 18.1 Å². The number of aliphatic hydroxyl groups is 1. The summed E-state index contributed by atoms with van der Waals surface area (Å²) in [4.78, 5) is 0. The molecular weight excluding hydrogens is 150 g/mol. The van der Waals surface area contributed by atoms with E-state index >= 15 is 0 Å². The van der Waals surface area contributed by atoms with Crippen molar-refractivity contribution in [3.05, 3.63) is 0 Å². The minimum Gasteiger partial charge on any atom is -0.396 e. The van der Waals surface area contributed by atoms with Gasteiger partial charge in [-0.2, -0.15) is 0 Å². The fourth-order valence-electron chi connectivity index (χ4n) is 2.71. The third-order valence-electron chi connectivity index (χ3n) is 3.65. The SMILES string of the molecule is OCC1CCC2(CCCN2)CC1. The summed E-state index contributed by atoms with van der Waals surface area (Å²) in [5.41, 5.74) is 0.492. The Morgan fingerprint density at radius 2 is 2.00 bits per heavy atom. The lowest BCUT2D eigenvalue weighted by Gasteiger charge is -2.36. The second-order valence-corrected chi connectivity index (χ2v) is 4.44. The topological polar surface area (TPSA) is 32.3 Å². The molecule has 2 nitrogen and oxygen atoms in total. The normalized spacial score (nSPS) is 42.2. The van der Waals surface area contributed by atoms with Crippen molar-refractivity contribution >= 4 is 0 Å². The van der Waals surface area contributed by atoms with Crippen molar-refractivity contribution in [3.8, 4) is 0 Å². The molecule has 12 heavy (non-hydrogen) atoms. The molecule has 1 aliphatic carbocycles. The van der Waals surface area contributed by atoms with E-state index in [1.165, 1.54) is 45.1 Å². The van der Waals surface area contributed by atoms with Crippen LogP contribution in [0.15, 0.2) is 0 Å². The highest BCUT2D eigenvalue weighted by molar-refractivity contribution is 4.96. The fourth-order valence-corrected chi connectivity index (χ4v) is 2.71. The van der Waals surface area contributed by atoms with Crippen LogP contribution in [-0.4, -0.2) is 23.8 Å². The van der Waals surface area contributed by atoms with Gasteiger partial charge < -0.3 is 10.4 Å². The fraction of sp³-hybridized carbons (Fsp3) is 1.00. The smallest absolute Gasteiger partial charge is 0.0459 e. The van der Waals surface area contributed by atoms with Gasteiger partial charge in [-0.05, 0) is 51.0 Å². The first-order valence-corrected chi connectivity index (χ1v) is 5.21. The number of nitrogens with one attached hydrogen (secondary N) is 1. The van der Waals surface area contributed by atoms with Gasteiger partial charge in [0.05, 0.1) is 0 Å². The average molecular weight is 169 g/mol. The van der Waals surface area contributed by atoms with Crippen molar-refractivity contribution in [2.75, 3.05) is 13.2 Å². The molecule has 1 saturated heterocycles. The zero-order chi connectivity index (χ0) is 8.44. The molecule has 2 N–H and O–H groups in total. The summed E-state index contributed by atoms with van der Waals surface area (Å²) in [6, 6.07) is 0. The monoisotopic (exact) mass is 169 g/mol. The molecule has 0 atom stereocenters. The molecular formula is C10H19NO. The van der Waals surface area contributed by atoms with E-state index in [4.69, 9.17) is 5.11 Å². The van der Waals surface area contributed by atoms with Crippen LogP contribution < -0.4 is 5.32 Å². The maximum Gasteiger partial charge on any atom is 0.0459 e. The van der Waals surface area contributed by atoms with E-state index in [9.17, 15) is 0 Å². The predicted molar refractivity (Wildman–Crippen MR) is 49.0 cm³/mol. The molecule has 0 radical (unpaired) electrons. The van der Waals surface area contributed by atoms with Crippen LogP contribution in [0.25, 0.3) is 0 Å². The van der Waals surface area contributed by atoms with Gasteiger partial charge in [0.2, 0.25) is 0 Å². The Morgan fingerprint density at radius 3 is 2.50 bits per heavy atom. The number of rotatable bonds is 1. The Morgan fingerprint density at radius 1 is 1.25 bits per heavy atom. The second-order valence-electron chi connectivity index (χ2n) is 4.44. The molecule has 2 aliphatic rings. The van der Waals surface area contributed by atoms with Crippen LogP contribution in [0.5, 0.6) is 0 Å². The van der Waals surface area contributed by atoms with Gasteiger partial charge in [-0.25, -0.2) is 0 Å². The van der Waals surface area contributed by atoms with Crippen molar-refractivity contribution in [1.29, 1.82) is 0 Å². The van der Waals surface area contributed by atoms with Crippen LogP contribution in [0.1, 0.15) is 38.5 Å². The maximum atomic E-state index is 9.00. The Bertz CT molecular complexity index is 142. The van der Waals surface area contributed by atoms with E-state index < -0.39 is 0 Å². The molecule has 0 aromatic carbocycles. The second kappa shape index (κ2) is 3.35. The Labute approximate surface area is 74.4 Å². The zero-order valence-corrected chi connectivity index (χ0v) is 7.68. The summed E-state index contributed by atoms with van der Waals surface area (Å²) < 4.78 is 0. The number of hydrogen-bond donors (Lipinski definition) is 2. The van der Waals surface area contributed by atoms with Crippen LogP contribution in [0, 0.1) is 5.92 Å². The molecule has 70 valence electrons. The van der Waals surface area contributed by atoms with Gasteiger partial charge in [0.15, 0.2) is 0 Å². The first-order valence-electron chi connectivity index (χ1n) is 5.21. The van der Waals surface area contributed by atoms with Crippen LogP contribution in [0.2, 0.25) is 0 Å². The van der Waals surface area contributed by atoms with Gasteiger partial charge in [-0.1, -0.05) is 0 Å². The minimum atomic E-state index is 0.399. The molecule has 1 spiro atoms. The first kappa shape index (κ1) is 8.52. The molecule has 2 heteroatoms. The molecule has 2 rings (SSSR count). The van der Waals surface area contributed by atoms with Gasteiger partial charge in [0.1, 0.15) is 0 Å². The minimum absolute atomic E-state index is 0.399. The summed E-state index contributed by atoms with van der Waals surface area (Å²) >= 11 is 0. The molecule has 0 bridgehead atoms. The summed E-state index contributed by atoms with van der Waals surface area (Å²) in [6.07, 6.45) is 7.75. The van der Waals surface area contributed by atoms with Crippen molar-refractivity contribution in [3.63, 3.8) is 0 Å². The standard InChI is InChI=1S/C10H19NO/c12-8-9-2-5-10(6-3-9)4-1-7-11-10/h9,11-12H,1-8H2. The molecule has 1 heterocycles. The predicted octanol–water partition coefficient (Wildman–Crippen LogP) is 1.29. The third-order valence-corrected chi connectivity index (χ3v) is 3.65. The first-order chi connectivity index (χ1) is 5.85. The van der Waals surface area contributed by atoms with Gasteiger partial charge >= 0.3 is 0 Å². The van der Waals surface area contributed by atoms with Gasteiger partial charge in [-0.15, -0.1) is 0 Å². The molecule has 0 amide bonds. The third kappa shape index (κ3) is 1.50. The molecule has 0 unspecified atom stereocenters. The number of aliphatic hydroxyl groups excluding tert-OH is 1. The zero-order valence-electron chi connectivity index (χ0n) is 7.68. The Hall–Kier alpha value is -0.0800. The highest BCUT2D eigenvalue weighted by atomic mass is 16.3. The highest BCUT2D eigenvalue weighted by Crippen LogP contribution is 2.37. The summed E-state index contributed by atoms with van der Waals surface area (Å²) in [5.74, 6) is 0.595. The van der Waals surface area contributed by atoms with E-state index in [2.05, 4.69) is 5.32 Å². The molecule has 0 aromatic heterocycles. The summed E-state index contributed by atoms with van der Waals surface area (Å²) in [6.45, 7) is 1.61. The quantitative estimate of drug-likeness (QED) is 0.620. The Balaban J connectivity index is 1.88. The van der Waals surface area contributed by atoms with Gasteiger partial charge in [0.25, 0.3) is 0 Å². The Kier molecular flexibility index (Phi) is 2.37. The number of hydrogen-bond acceptors (Lipinski definition) is 2. The lowest BCUT2D eigenvalue weighted by molar-refractivity contribution is 0.144. The van der Waals surface area contributed by atoms with Crippen LogP contribution >= 0.6 is 0 Å². The molecule has 1 saturated carbocycles. The van der Waals surface area contributed by atoms with E-state index in [1.54, 1.807) is 0 Å². The van der Waals surface area contributed by atoms with Crippen LogP contribution in [-0.2, 0) is 0 Å². The highest BCUT2D eigenvalue weighted by Gasteiger charge is 2.36. The van der Waals surface area contributed by atoms with E-state index in [0.717, 1.165) is 0 Å². The van der Waals surface area contributed by atoms with Crippen molar-refractivity contribution in [2.24, 2.45) is 5.92 Å². The van der Waals surface area contributed by atoms with Crippen molar-refractivity contribution in [2.45, 2.75) is 44.1 Å². The molecule has 2 fully saturated rings. The lowest BCUT2D eigenvalue weighted by atomic mass is 9.76. The van der Waals surface area contributed by atoms with Crippen LogP contribution in [0.3, 0.4) is 0 Å². The van der Waals surface area contributed by atoms with E-state index in [-0.39, 0.29) is 0 Å². The molecule has 0 aromatic rings. The summed E-state index contributed by atoms with van der Waals surface area (Å²) in [5, 5.41) is 12.6. The van der Waals surface area contributed by atoms with Crippen molar-refractivity contribution < 1.29 is 5.11 Å². The van der Waals surface area contributed by atoms with E-state index in [1.807, 2.05) is 0 Å². The van der Waals surface area contributed by atoms with Crippen LogP contribution in [0.4, 0.5) is 0 Å². The lowest BCUT2D eigenvalue weighted by Crippen LogP contribution is -2.43. The van der Waals surface area contributed by atoms with Crippen molar-refractivity contribution in [1.82, 2.24) is 5.32 Å². The summed E-state index contributed by atoms with van der Waals surface area (Å²) in [7, 11) is 0. The van der Waals surface area contributed by atoms with Gasteiger partial charge in [-0.3, -0.25) is 0 Å². The molecule has 1 aliphatic heterocycles. The van der Waals surface area contributed by atoms with Gasteiger partial charge in [0, 0.05) is 12.1 Å². The maximum absolute atomic E-state index is 9.00.